The van der Waals surface area contributed by atoms with Crippen molar-refractivity contribution in [2.24, 2.45) is 5.41 Å². The Morgan fingerprint density at radius 1 is 1.45 bits per heavy atom. The number of nitrogens with one attached hydrogen (secondary N) is 1. The zero-order valence-electron chi connectivity index (χ0n) is 12.7. The third-order valence-corrected chi connectivity index (χ3v) is 7.01. The molecule has 2 N–H and O–H groups in total. The van der Waals surface area contributed by atoms with Gasteiger partial charge in [-0.1, -0.05) is 0 Å². The van der Waals surface area contributed by atoms with Crippen LogP contribution in [0.25, 0.3) is 0 Å². The summed E-state index contributed by atoms with van der Waals surface area (Å²) in [6.07, 6.45) is 5.47. The van der Waals surface area contributed by atoms with Gasteiger partial charge in [0, 0.05) is 0 Å². The molecule has 1 aromatic rings. The number of nitrogens with zero attached hydrogens (tertiary/aromatic N) is 2. The monoisotopic (exact) mass is 496 g/mol. The molecule has 5 nitrogen and oxygen atoms in total. The quantitative estimate of drug-likeness (QED) is 0.586. The van der Waals surface area contributed by atoms with Crippen LogP contribution in [0, 0.1) is 5.41 Å². The second kappa shape index (κ2) is 5.99. The average Bonchev–Trinajstić information content (AvgIpc) is 2.47. The Labute approximate surface area is 147 Å². The van der Waals surface area contributed by atoms with Crippen LogP contribution in [0.15, 0.2) is 12.3 Å². The van der Waals surface area contributed by atoms with Gasteiger partial charge in [-0.15, -0.1) is 0 Å². The molecule has 1 aromatic heterocycles. The molecule has 3 heterocycles. The molecule has 2 aliphatic heterocycles. The fraction of sp³-hybridized carbons (Fsp3) is 0.688. The second-order valence-corrected chi connectivity index (χ2v) is 8.07. The van der Waals surface area contributed by atoms with E-state index < -0.39 is 0 Å². The molecule has 3 aliphatic rings. The molecule has 1 spiro atoms. The van der Waals surface area contributed by atoms with Gasteiger partial charge in [-0.25, -0.2) is 0 Å². The van der Waals surface area contributed by atoms with E-state index in [2.05, 4.69) is 15.2 Å². The maximum absolute atomic E-state index is 9.88. The summed E-state index contributed by atoms with van der Waals surface area (Å²) in [7, 11) is 0. The van der Waals surface area contributed by atoms with E-state index in [1.165, 1.54) is 0 Å². The first-order chi connectivity index (χ1) is 10.7. The zero-order valence-corrected chi connectivity index (χ0v) is 16.6. The number of aromatic nitrogens is 1. The number of hydrogen-bond acceptors (Lipinski definition) is 5. The van der Waals surface area contributed by atoms with E-state index in [0.717, 1.165) is 85.8 Å². The van der Waals surface area contributed by atoms with Crippen molar-refractivity contribution in [2.75, 3.05) is 30.3 Å². The minimum atomic E-state index is 0.0596. The van der Waals surface area contributed by atoms with E-state index in [1.54, 1.807) is 0 Å². The molecule has 1 aliphatic carbocycles. The predicted octanol–water partition coefficient (Wildman–Crippen LogP) is 0.230. The molecule has 4 rings (SSSR count). The normalized spacial score (nSPS) is 27.1. The Balaban J connectivity index is 1.55. The number of rotatable bonds is 4. The van der Waals surface area contributed by atoms with E-state index >= 15 is 0 Å². The average molecular weight is 496 g/mol. The van der Waals surface area contributed by atoms with Crippen LogP contribution >= 0.6 is 0 Å². The maximum atomic E-state index is 9.88. The van der Waals surface area contributed by atoms with Crippen molar-refractivity contribution in [3.63, 3.8) is 0 Å². The van der Waals surface area contributed by atoms with Gasteiger partial charge >= 0.3 is 147 Å². The fourth-order valence-corrected chi connectivity index (χ4v) is 5.55. The molecule has 22 heavy (non-hydrogen) atoms. The molecule has 6 heteroatoms. The van der Waals surface area contributed by atoms with Crippen molar-refractivity contribution in [3.05, 3.63) is 23.5 Å². The predicted molar refractivity (Wildman–Crippen MR) is 84.0 cm³/mol. The van der Waals surface area contributed by atoms with Gasteiger partial charge in [-0.2, -0.15) is 0 Å². The van der Waals surface area contributed by atoms with Crippen LogP contribution in [-0.2, 0) is 6.42 Å². The number of ether oxygens (including phenoxy) is 1. The van der Waals surface area contributed by atoms with E-state index in [9.17, 15) is 5.11 Å². The van der Waals surface area contributed by atoms with Gasteiger partial charge in [0.05, 0.1) is 0 Å². The Morgan fingerprint density at radius 3 is 2.91 bits per heavy atom. The minimum absolute atomic E-state index is 0.0596. The van der Waals surface area contributed by atoms with Crippen LogP contribution in [0.4, 0.5) is 0 Å². The summed E-state index contributed by atoms with van der Waals surface area (Å²) in [5, 5.41) is 13.2. The fourth-order valence-electron chi connectivity index (χ4n) is 4.08. The number of hydrogen-bond donors (Lipinski definition) is 2. The molecule has 1 saturated carbocycles. The number of pyridine rings is 1. The summed E-state index contributed by atoms with van der Waals surface area (Å²) in [6, 6.07) is 2.05. The van der Waals surface area contributed by atoms with Crippen LogP contribution in [0.1, 0.15) is 30.1 Å². The van der Waals surface area contributed by atoms with Gasteiger partial charge in [-0.3, -0.25) is 0 Å². The third kappa shape index (κ3) is 2.50. The number of aliphatic hydroxyl groups excluding tert-OH is 1. The molecule has 1 atom stereocenters. The van der Waals surface area contributed by atoms with Crippen LogP contribution in [0.5, 0.6) is 5.75 Å². The summed E-state index contributed by atoms with van der Waals surface area (Å²) >= 11 is 1.12. The first-order valence-electron chi connectivity index (χ1n) is 8.09. The Kier molecular flexibility index (Phi) is 4.17. The van der Waals surface area contributed by atoms with Gasteiger partial charge in [0.15, 0.2) is 0 Å². The van der Waals surface area contributed by atoms with Gasteiger partial charge in [0.1, 0.15) is 0 Å². The SMILES string of the molecule is OCC1c2c(OC3CC4(CNC4)C3)ccnc2CCN1[CH2][Pb]. The Morgan fingerprint density at radius 2 is 2.27 bits per heavy atom. The topological polar surface area (TPSA) is 57.6 Å². The molecule has 0 amide bonds. The summed E-state index contributed by atoms with van der Waals surface area (Å²) in [6.45, 7) is 3.44. The third-order valence-electron chi connectivity index (χ3n) is 5.43. The molecule has 2 fully saturated rings. The number of fused-ring (bicyclic) bond motifs is 1. The van der Waals surface area contributed by atoms with Gasteiger partial charge in [0.25, 0.3) is 0 Å². The number of aliphatic hydroxyl groups is 1. The van der Waals surface area contributed by atoms with E-state index in [4.69, 9.17) is 4.74 Å². The molecule has 3 radical (unpaired) electrons. The van der Waals surface area contributed by atoms with Crippen LogP contribution in [0.2, 0.25) is 0 Å². The van der Waals surface area contributed by atoms with Crippen molar-refractivity contribution in [2.45, 2.75) is 31.4 Å². The van der Waals surface area contributed by atoms with E-state index in [1.807, 2.05) is 12.3 Å². The summed E-state index contributed by atoms with van der Waals surface area (Å²) in [5.74, 6) is 0.955. The van der Waals surface area contributed by atoms with Crippen LogP contribution < -0.4 is 10.1 Å². The molecule has 0 bridgehead atoms. The van der Waals surface area contributed by atoms with E-state index in [-0.39, 0.29) is 12.6 Å². The van der Waals surface area contributed by atoms with Crippen LogP contribution in [-0.4, -0.2) is 77.2 Å². The molecule has 1 unspecified atom stereocenters. The standard InChI is InChI=1S/C16H22N3O2.Pb/c1-19-5-3-12-15(13(19)8-20)14(2-4-18-12)21-11-6-16(7-11)9-17-10-16;/h2,4,11,13,17,20H,1,3,5-10H2;. The molecule has 117 valence electrons. The molecule has 1 saturated heterocycles. The Hall–Kier alpha value is -0.248. The molecular formula is C16H22N3O2Pb. The Bertz CT molecular complexity index is 556. The van der Waals surface area contributed by atoms with E-state index in [0.29, 0.717) is 11.5 Å². The van der Waals surface area contributed by atoms with Crippen molar-refractivity contribution in [3.8, 4) is 5.75 Å². The van der Waals surface area contributed by atoms with Crippen molar-refractivity contribution in [1.82, 2.24) is 15.2 Å². The molecule has 0 aromatic carbocycles. The zero-order chi connectivity index (χ0) is 15.2. The van der Waals surface area contributed by atoms with Crippen molar-refractivity contribution >= 4 is 25.8 Å². The van der Waals surface area contributed by atoms with Gasteiger partial charge in [0.2, 0.25) is 0 Å². The summed E-state index contributed by atoms with van der Waals surface area (Å²) in [4.78, 5) is 6.91. The summed E-state index contributed by atoms with van der Waals surface area (Å²) < 4.78 is 7.39. The summed E-state index contributed by atoms with van der Waals surface area (Å²) in [5.41, 5.74) is 2.77. The van der Waals surface area contributed by atoms with Crippen molar-refractivity contribution in [1.29, 1.82) is 0 Å². The van der Waals surface area contributed by atoms with Crippen LogP contribution in [0.3, 0.4) is 0 Å². The van der Waals surface area contributed by atoms with Crippen molar-refractivity contribution < 1.29 is 9.84 Å². The first kappa shape index (κ1) is 15.3. The van der Waals surface area contributed by atoms with Gasteiger partial charge in [-0.05, 0) is 0 Å². The van der Waals surface area contributed by atoms with Gasteiger partial charge < -0.3 is 0 Å². The molecular weight excluding hydrogens is 473 g/mol. The second-order valence-electron chi connectivity index (χ2n) is 6.84. The first-order valence-corrected chi connectivity index (χ1v) is 10.8.